The van der Waals surface area contributed by atoms with E-state index in [1.165, 1.54) is 24.3 Å². The van der Waals surface area contributed by atoms with Gasteiger partial charge in [0, 0.05) is 12.8 Å². The fourth-order valence-electron chi connectivity index (χ4n) is 3.98. The lowest BCUT2D eigenvalue weighted by Gasteiger charge is -2.25. The lowest BCUT2D eigenvalue weighted by molar-refractivity contribution is -0.143. The number of nitrogens with two attached hydrogens (primary N) is 2. The van der Waals surface area contributed by atoms with Gasteiger partial charge >= 0.3 is 5.97 Å². The van der Waals surface area contributed by atoms with Crippen molar-refractivity contribution in [2.24, 2.45) is 17.4 Å². The second kappa shape index (κ2) is 15.2. The van der Waals surface area contributed by atoms with Crippen molar-refractivity contribution in [3.63, 3.8) is 0 Å². The van der Waals surface area contributed by atoms with Gasteiger partial charge in [-0.1, -0.05) is 56.3 Å². The number of carbonyl (C=O) groups excluding carboxylic acids is 4. The molecule has 0 bridgehead atoms. The highest BCUT2D eigenvalue weighted by molar-refractivity contribution is 5.95. The Morgan fingerprint density at radius 2 is 1.23 bits per heavy atom. The number of amides is 4. The van der Waals surface area contributed by atoms with Gasteiger partial charge in [0.25, 0.3) is 0 Å². The van der Waals surface area contributed by atoms with Gasteiger partial charge in [-0.3, -0.25) is 19.2 Å². The quantitative estimate of drug-likeness (QED) is 0.158. The number of rotatable bonds is 15. The van der Waals surface area contributed by atoms with Crippen molar-refractivity contribution < 1.29 is 34.2 Å². The number of hydrogen-bond acceptors (Lipinski definition) is 7. The number of aromatic hydroxyl groups is 1. The Bertz CT molecular complexity index is 1170. The molecule has 216 valence electrons. The number of carbonyl (C=O) groups is 5. The highest BCUT2D eigenvalue weighted by Crippen LogP contribution is 2.13. The molecule has 0 saturated heterocycles. The number of nitrogens with one attached hydrogen (secondary N) is 3. The molecule has 4 unspecified atom stereocenters. The third-order valence-corrected chi connectivity index (χ3v) is 6.01. The minimum absolute atomic E-state index is 0.00967. The van der Waals surface area contributed by atoms with Crippen LogP contribution in [0.2, 0.25) is 0 Å². The van der Waals surface area contributed by atoms with E-state index in [2.05, 4.69) is 16.0 Å². The van der Waals surface area contributed by atoms with Gasteiger partial charge in [0.1, 0.15) is 23.9 Å². The first-order chi connectivity index (χ1) is 18.8. The maximum atomic E-state index is 13.5. The van der Waals surface area contributed by atoms with E-state index in [0.29, 0.717) is 12.0 Å². The molecule has 4 amide bonds. The minimum atomic E-state index is -1.61. The number of primary amides is 1. The molecule has 12 heteroatoms. The van der Waals surface area contributed by atoms with Gasteiger partial charge < -0.3 is 37.6 Å². The fraction of sp³-hybridized carbons (Fsp3) is 0.393. The first-order valence-electron chi connectivity index (χ1n) is 12.8. The molecule has 0 fully saturated rings. The summed E-state index contributed by atoms with van der Waals surface area (Å²) < 4.78 is 0. The Morgan fingerprint density at radius 3 is 1.70 bits per heavy atom. The van der Waals surface area contributed by atoms with Crippen molar-refractivity contribution in [1.29, 1.82) is 0 Å². The molecule has 40 heavy (non-hydrogen) atoms. The van der Waals surface area contributed by atoms with Crippen LogP contribution in [-0.4, -0.2) is 64.0 Å². The van der Waals surface area contributed by atoms with E-state index in [1.54, 1.807) is 30.3 Å². The smallest absolute Gasteiger partial charge is 0.326 e. The summed E-state index contributed by atoms with van der Waals surface area (Å²) in [4.78, 5) is 62.4. The standard InChI is InChI=1S/C28H37N5O7/c1-16(2)12-20(29)25(36)31-21(13-17-6-4-3-5-7-17)26(37)32-22(14-18-8-10-19(34)11-9-18)27(38)33-23(28(39)40)15-24(30)35/h3-11,16,20-23,34H,12-15,29H2,1-2H3,(H2,30,35)(H,31,36)(H,32,37)(H,33,38)(H,39,40). The van der Waals surface area contributed by atoms with Gasteiger partial charge in [0.2, 0.25) is 23.6 Å². The monoisotopic (exact) mass is 555 g/mol. The Kier molecular flexibility index (Phi) is 12.1. The third-order valence-electron chi connectivity index (χ3n) is 6.01. The summed E-state index contributed by atoms with van der Waals surface area (Å²) in [5.41, 5.74) is 12.4. The van der Waals surface area contributed by atoms with Crippen molar-refractivity contribution in [3.05, 3.63) is 65.7 Å². The Hall–Kier alpha value is -4.45. The predicted octanol–water partition coefficient (Wildman–Crippen LogP) is -0.0348. The van der Waals surface area contributed by atoms with E-state index < -0.39 is 60.2 Å². The van der Waals surface area contributed by atoms with Crippen LogP contribution < -0.4 is 27.4 Å². The lowest BCUT2D eigenvalue weighted by Crippen LogP contribution is -2.58. The van der Waals surface area contributed by atoms with Crippen LogP contribution >= 0.6 is 0 Å². The van der Waals surface area contributed by atoms with Crippen molar-refractivity contribution >= 4 is 29.6 Å². The summed E-state index contributed by atoms with van der Waals surface area (Å²) in [5.74, 6) is -4.39. The molecule has 0 spiro atoms. The number of hydrogen-bond donors (Lipinski definition) is 7. The second-order valence-electron chi connectivity index (χ2n) is 9.99. The number of phenols is 1. The van der Waals surface area contributed by atoms with Crippen molar-refractivity contribution in [1.82, 2.24) is 16.0 Å². The van der Waals surface area contributed by atoms with Gasteiger partial charge in [-0.05, 0) is 35.6 Å². The highest BCUT2D eigenvalue weighted by atomic mass is 16.4. The van der Waals surface area contributed by atoms with Crippen LogP contribution in [0, 0.1) is 5.92 Å². The molecule has 0 aromatic heterocycles. The van der Waals surface area contributed by atoms with E-state index in [4.69, 9.17) is 11.5 Å². The summed E-state index contributed by atoms with van der Waals surface area (Å²) in [7, 11) is 0. The maximum Gasteiger partial charge on any atom is 0.326 e. The second-order valence-corrected chi connectivity index (χ2v) is 9.99. The Balaban J connectivity index is 2.33. The van der Waals surface area contributed by atoms with Crippen LogP contribution in [0.4, 0.5) is 0 Å². The van der Waals surface area contributed by atoms with Crippen molar-refractivity contribution in [3.8, 4) is 5.75 Å². The zero-order valence-corrected chi connectivity index (χ0v) is 22.5. The van der Waals surface area contributed by atoms with Gasteiger partial charge in [-0.2, -0.15) is 0 Å². The van der Waals surface area contributed by atoms with Crippen LogP contribution in [0.5, 0.6) is 5.75 Å². The SMILES string of the molecule is CC(C)CC(N)C(=O)NC(Cc1ccccc1)C(=O)NC(Cc1ccc(O)cc1)C(=O)NC(CC(N)=O)C(=O)O. The van der Waals surface area contributed by atoms with Gasteiger partial charge in [-0.25, -0.2) is 4.79 Å². The van der Waals surface area contributed by atoms with Gasteiger partial charge in [-0.15, -0.1) is 0 Å². The summed E-state index contributed by atoms with van der Waals surface area (Å²) in [6.07, 6.45) is -0.241. The average molecular weight is 556 g/mol. The molecule has 9 N–H and O–H groups in total. The van der Waals surface area contributed by atoms with Crippen LogP contribution in [0.25, 0.3) is 0 Å². The van der Waals surface area contributed by atoms with E-state index in [9.17, 15) is 34.2 Å². The molecule has 2 aromatic rings. The summed E-state index contributed by atoms with van der Waals surface area (Å²) in [6.45, 7) is 3.83. The molecule has 0 heterocycles. The van der Waals surface area contributed by atoms with E-state index in [1.807, 2.05) is 13.8 Å². The van der Waals surface area contributed by atoms with Crippen LogP contribution in [0.1, 0.15) is 37.8 Å². The van der Waals surface area contributed by atoms with E-state index in [-0.39, 0.29) is 24.5 Å². The first kappa shape index (κ1) is 31.8. The average Bonchev–Trinajstić information content (AvgIpc) is 2.88. The molecule has 0 aliphatic carbocycles. The number of carboxylic acid groups (broad SMARTS) is 1. The fourth-order valence-corrected chi connectivity index (χ4v) is 3.98. The lowest BCUT2D eigenvalue weighted by atomic mass is 10.0. The predicted molar refractivity (Wildman–Crippen MR) is 147 cm³/mol. The Morgan fingerprint density at radius 1 is 0.750 bits per heavy atom. The molecule has 12 nitrogen and oxygen atoms in total. The van der Waals surface area contributed by atoms with Crippen molar-refractivity contribution in [2.75, 3.05) is 0 Å². The van der Waals surface area contributed by atoms with E-state index >= 15 is 0 Å². The number of carboxylic acids is 1. The molecule has 2 rings (SSSR count). The van der Waals surface area contributed by atoms with E-state index in [0.717, 1.165) is 5.56 Å². The van der Waals surface area contributed by atoms with Crippen LogP contribution in [-0.2, 0) is 36.8 Å². The number of aliphatic carboxylic acids is 1. The molecule has 0 aliphatic rings. The normalized spacial score (nSPS) is 13.9. The number of benzene rings is 2. The van der Waals surface area contributed by atoms with Crippen molar-refractivity contribution in [2.45, 2.75) is 63.7 Å². The molecule has 0 saturated carbocycles. The third kappa shape index (κ3) is 10.7. The maximum absolute atomic E-state index is 13.5. The molecule has 4 atom stereocenters. The highest BCUT2D eigenvalue weighted by Gasteiger charge is 2.31. The van der Waals surface area contributed by atoms with Crippen LogP contribution in [0.15, 0.2) is 54.6 Å². The Labute approximate surface area is 232 Å². The summed E-state index contributed by atoms with van der Waals surface area (Å²) in [5, 5.41) is 26.5. The molecule has 0 aliphatic heterocycles. The number of phenolic OH excluding ortho intramolecular Hbond substituents is 1. The largest absolute Gasteiger partial charge is 0.508 e. The van der Waals surface area contributed by atoms with Crippen LogP contribution in [0.3, 0.4) is 0 Å². The van der Waals surface area contributed by atoms with Gasteiger partial charge in [0.05, 0.1) is 12.5 Å². The van der Waals surface area contributed by atoms with Gasteiger partial charge in [0.15, 0.2) is 0 Å². The molecular formula is C28H37N5O7. The zero-order chi connectivity index (χ0) is 29.8. The molecule has 0 radical (unpaired) electrons. The molecule has 2 aromatic carbocycles. The minimum Gasteiger partial charge on any atom is -0.508 e. The zero-order valence-electron chi connectivity index (χ0n) is 22.5. The summed E-state index contributed by atoms with van der Waals surface area (Å²) in [6, 6.07) is 9.92. The topological polar surface area (TPSA) is 214 Å². The first-order valence-corrected chi connectivity index (χ1v) is 12.8. The molecular weight excluding hydrogens is 518 g/mol. The summed E-state index contributed by atoms with van der Waals surface area (Å²) >= 11 is 0.